The molecule has 2 heterocycles. The maximum Gasteiger partial charge on any atom is 0.222 e. The van der Waals surface area contributed by atoms with E-state index in [-0.39, 0.29) is 0 Å². The molecule has 0 aliphatic carbocycles. The Morgan fingerprint density at radius 3 is 2.67 bits per heavy atom. The second-order valence-corrected chi connectivity index (χ2v) is 6.96. The van der Waals surface area contributed by atoms with Crippen molar-refractivity contribution in [1.82, 2.24) is 14.9 Å². The number of nitrogens with zero attached hydrogens (tertiary/aromatic N) is 2. The number of amides is 1. The van der Waals surface area contributed by atoms with Gasteiger partial charge < -0.3 is 9.88 Å². The van der Waals surface area contributed by atoms with Gasteiger partial charge in [0.1, 0.15) is 5.82 Å². The number of para-hydroxylation sites is 2. The molecule has 0 spiro atoms. The second-order valence-electron chi connectivity index (χ2n) is 6.96. The monoisotopic (exact) mass is 327 g/mol. The number of likely N-dealkylation sites (tertiary alicyclic amines) is 1. The third-order valence-corrected chi connectivity index (χ3v) is 5.14. The number of aromatic amines is 1. The van der Waals surface area contributed by atoms with Crippen molar-refractivity contribution in [2.75, 3.05) is 13.1 Å². The predicted octanol–water partition coefficient (Wildman–Crippen LogP) is 4.63. The first-order valence-corrected chi connectivity index (χ1v) is 9.50. The Balaban J connectivity index is 1.46. The highest BCUT2D eigenvalue weighted by atomic mass is 16.2. The van der Waals surface area contributed by atoms with E-state index in [9.17, 15) is 4.79 Å². The summed E-state index contributed by atoms with van der Waals surface area (Å²) in [5.41, 5.74) is 2.15. The fourth-order valence-electron chi connectivity index (χ4n) is 3.61. The molecule has 130 valence electrons. The lowest BCUT2D eigenvalue weighted by Gasteiger charge is -2.31. The first-order chi connectivity index (χ1) is 11.8. The average molecular weight is 327 g/mol. The Bertz CT molecular complexity index is 623. The van der Waals surface area contributed by atoms with Crippen LogP contribution < -0.4 is 0 Å². The van der Waals surface area contributed by atoms with Gasteiger partial charge in [-0.3, -0.25) is 4.79 Å². The van der Waals surface area contributed by atoms with Crippen molar-refractivity contribution in [2.45, 2.75) is 64.2 Å². The quantitative estimate of drug-likeness (QED) is 0.754. The van der Waals surface area contributed by atoms with E-state index >= 15 is 0 Å². The molecule has 1 aliphatic heterocycles. The van der Waals surface area contributed by atoms with Gasteiger partial charge in [-0.2, -0.15) is 0 Å². The lowest BCUT2D eigenvalue weighted by molar-refractivity contribution is -0.132. The summed E-state index contributed by atoms with van der Waals surface area (Å²) in [6.07, 6.45) is 8.79. The molecule has 1 fully saturated rings. The summed E-state index contributed by atoms with van der Waals surface area (Å²) >= 11 is 0. The molecule has 0 bridgehead atoms. The first-order valence-electron chi connectivity index (χ1n) is 9.50. The largest absolute Gasteiger partial charge is 0.343 e. The molecule has 4 nitrogen and oxygen atoms in total. The highest BCUT2D eigenvalue weighted by molar-refractivity contribution is 5.76. The summed E-state index contributed by atoms with van der Waals surface area (Å²) in [4.78, 5) is 22.5. The maximum absolute atomic E-state index is 12.3. The third-order valence-electron chi connectivity index (χ3n) is 5.14. The van der Waals surface area contributed by atoms with E-state index in [1.165, 1.54) is 25.7 Å². The van der Waals surface area contributed by atoms with Crippen LogP contribution in [0.25, 0.3) is 11.0 Å². The molecule has 1 aromatic carbocycles. The fraction of sp³-hybridized carbons (Fsp3) is 0.600. The Kier molecular flexibility index (Phi) is 5.89. The standard InChI is InChI=1S/C20H29N3O/c1-2-3-4-5-6-11-19(24)23-14-12-16(13-15-23)20-21-17-9-7-8-10-18(17)22-20/h7-10,16H,2-6,11-15H2,1H3,(H,21,22). The van der Waals surface area contributed by atoms with Crippen LogP contribution in [-0.4, -0.2) is 33.9 Å². The van der Waals surface area contributed by atoms with Crippen molar-refractivity contribution < 1.29 is 4.79 Å². The van der Waals surface area contributed by atoms with Gasteiger partial charge in [-0.1, -0.05) is 44.7 Å². The van der Waals surface area contributed by atoms with E-state index in [1.54, 1.807) is 0 Å². The van der Waals surface area contributed by atoms with Crippen molar-refractivity contribution >= 4 is 16.9 Å². The van der Waals surface area contributed by atoms with Crippen LogP contribution in [0.1, 0.15) is 70.0 Å². The van der Waals surface area contributed by atoms with Crippen LogP contribution >= 0.6 is 0 Å². The predicted molar refractivity (Wildman–Crippen MR) is 98.0 cm³/mol. The van der Waals surface area contributed by atoms with Crippen molar-refractivity contribution in [2.24, 2.45) is 0 Å². The van der Waals surface area contributed by atoms with Gasteiger partial charge in [-0.05, 0) is 31.4 Å². The molecule has 0 saturated carbocycles. The number of nitrogens with one attached hydrogen (secondary N) is 1. The summed E-state index contributed by atoms with van der Waals surface area (Å²) < 4.78 is 0. The second kappa shape index (κ2) is 8.32. The molecule has 4 heteroatoms. The van der Waals surface area contributed by atoms with Crippen LogP contribution in [0.2, 0.25) is 0 Å². The molecule has 0 unspecified atom stereocenters. The summed E-state index contributed by atoms with van der Waals surface area (Å²) in [6.45, 7) is 3.96. The zero-order valence-corrected chi connectivity index (χ0v) is 14.8. The van der Waals surface area contributed by atoms with Gasteiger partial charge in [-0.25, -0.2) is 4.98 Å². The van der Waals surface area contributed by atoms with E-state index in [4.69, 9.17) is 4.98 Å². The van der Waals surface area contributed by atoms with Crippen molar-refractivity contribution in [3.8, 4) is 0 Å². The number of hydrogen-bond acceptors (Lipinski definition) is 2. The molecular formula is C20H29N3O. The Morgan fingerprint density at radius 1 is 1.17 bits per heavy atom. The third kappa shape index (κ3) is 4.16. The molecule has 1 aromatic heterocycles. The zero-order chi connectivity index (χ0) is 16.8. The maximum atomic E-state index is 12.3. The molecule has 3 rings (SSSR count). The lowest BCUT2D eigenvalue weighted by atomic mass is 9.96. The van der Waals surface area contributed by atoms with E-state index in [0.29, 0.717) is 11.8 Å². The summed E-state index contributed by atoms with van der Waals surface area (Å²) in [7, 11) is 0. The normalized spacial score (nSPS) is 16.0. The molecule has 0 atom stereocenters. The number of fused-ring (bicyclic) bond motifs is 1. The summed E-state index contributed by atoms with van der Waals surface area (Å²) in [5.74, 6) is 1.88. The van der Waals surface area contributed by atoms with Gasteiger partial charge in [0.05, 0.1) is 11.0 Å². The van der Waals surface area contributed by atoms with Crippen LogP contribution in [0, 0.1) is 0 Å². The number of aromatic nitrogens is 2. The van der Waals surface area contributed by atoms with E-state index in [2.05, 4.69) is 22.9 Å². The van der Waals surface area contributed by atoms with E-state index < -0.39 is 0 Å². The smallest absolute Gasteiger partial charge is 0.222 e. The molecule has 2 aromatic rings. The number of unbranched alkanes of at least 4 members (excludes halogenated alkanes) is 4. The van der Waals surface area contributed by atoms with Gasteiger partial charge >= 0.3 is 0 Å². The van der Waals surface area contributed by atoms with E-state index in [1.807, 2.05) is 18.2 Å². The number of piperidine rings is 1. The summed E-state index contributed by atoms with van der Waals surface area (Å²) in [5, 5.41) is 0. The van der Waals surface area contributed by atoms with Crippen LogP contribution in [-0.2, 0) is 4.79 Å². The number of H-pyrrole nitrogens is 1. The first kappa shape index (κ1) is 17.0. The van der Waals surface area contributed by atoms with Crippen LogP contribution in [0.4, 0.5) is 0 Å². The van der Waals surface area contributed by atoms with Crippen LogP contribution in [0.15, 0.2) is 24.3 Å². The topological polar surface area (TPSA) is 49.0 Å². The number of carbonyl (C=O) groups excluding carboxylic acids is 1. The highest BCUT2D eigenvalue weighted by Gasteiger charge is 2.25. The van der Waals surface area contributed by atoms with E-state index in [0.717, 1.165) is 55.6 Å². The van der Waals surface area contributed by atoms with Gasteiger partial charge in [0, 0.05) is 25.4 Å². The number of rotatable bonds is 7. The number of benzene rings is 1. The Hall–Kier alpha value is -1.84. The minimum absolute atomic E-state index is 0.342. The number of imidazole rings is 1. The zero-order valence-electron chi connectivity index (χ0n) is 14.8. The van der Waals surface area contributed by atoms with Crippen molar-refractivity contribution in [3.63, 3.8) is 0 Å². The Labute approximate surface area is 144 Å². The van der Waals surface area contributed by atoms with Gasteiger partial charge in [-0.15, -0.1) is 0 Å². The Morgan fingerprint density at radius 2 is 1.92 bits per heavy atom. The average Bonchev–Trinajstić information content (AvgIpc) is 3.05. The fourth-order valence-corrected chi connectivity index (χ4v) is 3.61. The molecule has 24 heavy (non-hydrogen) atoms. The van der Waals surface area contributed by atoms with Gasteiger partial charge in [0.15, 0.2) is 0 Å². The molecule has 1 amide bonds. The van der Waals surface area contributed by atoms with Crippen LogP contribution in [0.5, 0.6) is 0 Å². The molecule has 1 aliphatic rings. The number of carbonyl (C=O) groups is 1. The van der Waals surface area contributed by atoms with Crippen molar-refractivity contribution in [1.29, 1.82) is 0 Å². The van der Waals surface area contributed by atoms with Gasteiger partial charge in [0.2, 0.25) is 5.91 Å². The van der Waals surface area contributed by atoms with Gasteiger partial charge in [0.25, 0.3) is 0 Å². The SMILES string of the molecule is CCCCCCCC(=O)N1CCC(c2nc3ccccc3[nH]2)CC1. The number of hydrogen-bond donors (Lipinski definition) is 1. The molecule has 1 saturated heterocycles. The lowest BCUT2D eigenvalue weighted by Crippen LogP contribution is -2.38. The molecular weight excluding hydrogens is 298 g/mol. The van der Waals surface area contributed by atoms with Crippen LogP contribution in [0.3, 0.4) is 0 Å². The minimum atomic E-state index is 0.342. The minimum Gasteiger partial charge on any atom is -0.343 e. The highest BCUT2D eigenvalue weighted by Crippen LogP contribution is 2.28. The summed E-state index contributed by atoms with van der Waals surface area (Å²) in [6, 6.07) is 8.18. The van der Waals surface area contributed by atoms with Crippen molar-refractivity contribution in [3.05, 3.63) is 30.1 Å². The molecule has 1 N–H and O–H groups in total. The molecule has 0 radical (unpaired) electrons.